The highest BCUT2D eigenvalue weighted by Crippen LogP contribution is 2.26. The lowest BCUT2D eigenvalue weighted by Gasteiger charge is -2.27. The van der Waals surface area contributed by atoms with E-state index < -0.39 is 4.92 Å². The van der Waals surface area contributed by atoms with Gasteiger partial charge in [0.05, 0.1) is 17.7 Å². The van der Waals surface area contributed by atoms with E-state index in [-0.39, 0.29) is 17.7 Å². The van der Waals surface area contributed by atoms with Crippen LogP contribution >= 0.6 is 0 Å². The monoisotopic (exact) mass is 282 g/mol. The summed E-state index contributed by atoms with van der Waals surface area (Å²) < 4.78 is 5.29. The highest BCUT2D eigenvalue weighted by Gasteiger charge is 2.20. The number of aromatic nitrogens is 1. The molecular formula is C13H22N4O3. The van der Waals surface area contributed by atoms with Gasteiger partial charge in [-0.2, -0.15) is 4.98 Å². The number of ether oxygens (including phenoxy) is 1. The Labute approximate surface area is 119 Å². The van der Waals surface area contributed by atoms with Crippen molar-refractivity contribution in [2.75, 3.05) is 25.0 Å². The van der Waals surface area contributed by atoms with E-state index in [9.17, 15) is 10.1 Å². The molecule has 0 amide bonds. The van der Waals surface area contributed by atoms with Gasteiger partial charge in [0.15, 0.2) is 0 Å². The van der Waals surface area contributed by atoms with E-state index in [1.807, 2.05) is 27.7 Å². The number of hydrogen-bond acceptors (Lipinski definition) is 6. The maximum atomic E-state index is 11.1. The summed E-state index contributed by atoms with van der Waals surface area (Å²) in [4.78, 5) is 16.9. The SMILES string of the molecule is CCOc1ccc([N+](=O)[O-])c(NC(C)N(CC)CC)n1. The van der Waals surface area contributed by atoms with E-state index in [2.05, 4.69) is 15.2 Å². The molecule has 0 fully saturated rings. The van der Waals surface area contributed by atoms with E-state index >= 15 is 0 Å². The van der Waals surface area contributed by atoms with Gasteiger partial charge in [-0.15, -0.1) is 0 Å². The fourth-order valence-corrected chi connectivity index (χ4v) is 1.98. The standard InChI is InChI=1S/C13H22N4O3/c1-5-16(6-2)10(4)14-13-11(17(18)19)8-9-12(15-13)20-7-3/h8-10H,5-7H2,1-4H3,(H,14,15). The summed E-state index contributed by atoms with van der Waals surface area (Å²) in [5.41, 5.74) is -0.0486. The molecule has 0 saturated carbocycles. The Morgan fingerprint density at radius 3 is 2.55 bits per heavy atom. The third-order valence-electron chi connectivity index (χ3n) is 3.04. The molecule has 1 aromatic rings. The third kappa shape index (κ3) is 4.06. The fourth-order valence-electron chi connectivity index (χ4n) is 1.98. The van der Waals surface area contributed by atoms with Crippen molar-refractivity contribution in [1.29, 1.82) is 0 Å². The Hall–Kier alpha value is -1.89. The number of nitrogens with zero attached hydrogens (tertiary/aromatic N) is 3. The average Bonchev–Trinajstić information content (AvgIpc) is 2.40. The summed E-state index contributed by atoms with van der Waals surface area (Å²) in [6.07, 6.45) is -0.0481. The van der Waals surface area contributed by atoms with Crippen LogP contribution in [0.25, 0.3) is 0 Å². The molecule has 7 nitrogen and oxygen atoms in total. The van der Waals surface area contributed by atoms with Crippen LogP contribution < -0.4 is 10.1 Å². The first-order valence-corrected chi connectivity index (χ1v) is 6.82. The molecule has 1 atom stereocenters. The normalized spacial score (nSPS) is 12.2. The van der Waals surface area contributed by atoms with Crippen LogP contribution in [0.4, 0.5) is 11.5 Å². The van der Waals surface area contributed by atoms with Gasteiger partial charge in [0, 0.05) is 12.1 Å². The summed E-state index contributed by atoms with van der Waals surface area (Å²) in [5, 5.41) is 14.1. The van der Waals surface area contributed by atoms with Crippen molar-refractivity contribution in [2.45, 2.75) is 33.9 Å². The van der Waals surface area contributed by atoms with E-state index in [1.54, 1.807) is 0 Å². The molecule has 0 saturated heterocycles. The molecule has 0 aliphatic heterocycles. The zero-order valence-corrected chi connectivity index (χ0v) is 12.4. The number of anilines is 1. The number of hydrogen-bond donors (Lipinski definition) is 1. The van der Waals surface area contributed by atoms with E-state index in [0.717, 1.165) is 13.1 Å². The van der Waals surface area contributed by atoms with Crippen molar-refractivity contribution in [3.63, 3.8) is 0 Å². The number of nitrogens with one attached hydrogen (secondary N) is 1. The zero-order chi connectivity index (χ0) is 15.1. The number of nitro groups is 1. The minimum Gasteiger partial charge on any atom is -0.478 e. The van der Waals surface area contributed by atoms with E-state index in [1.165, 1.54) is 12.1 Å². The van der Waals surface area contributed by atoms with Crippen molar-refractivity contribution >= 4 is 11.5 Å². The van der Waals surface area contributed by atoms with Crippen LogP contribution in [0.15, 0.2) is 12.1 Å². The summed E-state index contributed by atoms with van der Waals surface area (Å²) in [6.45, 7) is 10.0. The Morgan fingerprint density at radius 1 is 1.40 bits per heavy atom. The van der Waals surface area contributed by atoms with Crippen molar-refractivity contribution in [3.8, 4) is 5.88 Å². The quantitative estimate of drug-likeness (QED) is 0.448. The minimum absolute atomic E-state index is 0.0481. The van der Waals surface area contributed by atoms with Gasteiger partial charge >= 0.3 is 5.69 Å². The minimum atomic E-state index is -0.444. The predicted molar refractivity (Wildman–Crippen MR) is 78.1 cm³/mol. The van der Waals surface area contributed by atoms with Crippen LogP contribution in [-0.4, -0.2) is 40.7 Å². The highest BCUT2D eigenvalue weighted by molar-refractivity contribution is 5.57. The largest absolute Gasteiger partial charge is 0.478 e. The maximum Gasteiger partial charge on any atom is 0.311 e. The molecule has 1 rings (SSSR count). The van der Waals surface area contributed by atoms with Crippen molar-refractivity contribution in [3.05, 3.63) is 22.2 Å². The fraction of sp³-hybridized carbons (Fsp3) is 0.615. The van der Waals surface area contributed by atoms with Crippen molar-refractivity contribution in [1.82, 2.24) is 9.88 Å². The topological polar surface area (TPSA) is 80.5 Å². The lowest BCUT2D eigenvalue weighted by atomic mass is 10.3. The molecule has 112 valence electrons. The smallest absolute Gasteiger partial charge is 0.311 e. The Morgan fingerprint density at radius 2 is 2.05 bits per heavy atom. The molecule has 20 heavy (non-hydrogen) atoms. The second-order valence-electron chi connectivity index (χ2n) is 4.25. The van der Waals surface area contributed by atoms with Crippen molar-refractivity contribution < 1.29 is 9.66 Å². The molecule has 1 unspecified atom stereocenters. The van der Waals surface area contributed by atoms with Crippen LogP contribution in [0.1, 0.15) is 27.7 Å². The van der Waals surface area contributed by atoms with Gasteiger partial charge in [-0.25, -0.2) is 0 Å². The molecule has 1 heterocycles. The molecule has 7 heteroatoms. The third-order valence-corrected chi connectivity index (χ3v) is 3.04. The first-order chi connectivity index (χ1) is 9.53. The van der Waals surface area contributed by atoms with Crippen LogP contribution in [0, 0.1) is 10.1 Å². The van der Waals surface area contributed by atoms with Gasteiger partial charge in [0.25, 0.3) is 0 Å². The molecule has 1 aromatic heterocycles. The molecule has 0 bridgehead atoms. The molecular weight excluding hydrogens is 260 g/mol. The van der Waals surface area contributed by atoms with E-state index in [0.29, 0.717) is 12.5 Å². The van der Waals surface area contributed by atoms with Gasteiger partial charge in [-0.3, -0.25) is 15.0 Å². The first-order valence-electron chi connectivity index (χ1n) is 6.82. The van der Waals surface area contributed by atoms with Crippen LogP contribution in [0.2, 0.25) is 0 Å². The number of pyridine rings is 1. The van der Waals surface area contributed by atoms with Gasteiger partial charge in [0.1, 0.15) is 0 Å². The lowest BCUT2D eigenvalue weighted by molar-refractivity contribution is -0.384. The molecule has 0 spiro atoms. The lowest BCUT2D eigenvalue weighted by Crippen LogP contribution is -2.38. The molecule has 0 aliphatic rings. The Balaban J connectivity index is 3.00. The first kappa shape index (κ1) is 16.2. The molecule has 0 aromatic carbocycles. The zero-order valence-electron chi connectivity index (χ0n) is 12.4. The predicted octanol–water partition coefficient (Wildman–Crippen LogP) is 2.49. The van der Waals surface area contributed by atoms with Gasteiger partial charge in [-0.05, 0) is 26.9 Å². The summed E-state index contributed by atoms with van der Waals surface area (Å²) in [6, 6.07) is 2.92. The Kier molecular flexibility index (Phi) is 6.17. The van der Waals surface area contributed by atoms with Gasteiger partial charge in [0.2, 0.25) is 11.7 Å². The van der Waals surface area contributed by atoms with Gasteiger partial charge in [-0.1, -0.05) is 13.8 Å². The molecule has 0 aliphatic carbocycles. The number of rotatable bonds is 8. The summed E-state index contributed by atoms with van der Waals surface area (Å²) >= 11 is 0. The van der Waals surface area contributed by atoms with Crippen molar-refractivity contribution in [2.24, 2.45) is 0 Å². The maximum absolute atomic E-state index is 11.1. The van der Waals surface area contributed by atoms with Crippen LogP contribution in [-0.2, 0) is 0 Å². The summed E-state index contributed by atoms with van der Waals surface area (Å²) in [5.74, 6) is 0.618. The second-order valence-corrected chi connectivity index (χ2v) is 4.25. The van der Waals surface area contributed by atoms with Crippen LogP contribution in [0.5, 0.6) is 5.88 Å². The second kappa shape index (κ2) is 7.64. The summed E-state index contributed by atoms with van der Waals surface area (Å²) in [7, 11) is 0. The molecule has 0 radical (unpaired) electrons. The van der Waals surface area contributed by atoms with Gasteiger partial charge < -0.3 is 10.1 Å². The average molecular weight is 282 g/mol. The Bertz CT molecular complexity index is 449. The highest BCUT2D eigenvalue weighted by atomic mass is 16.6. The molecule has 1 N–H and O–H groups in total. The van der Waals surface area contributed by atoms with E-state index in [4.69, 9.17) is 4.74 Å². The van der Waals surface area contributed by atoms with Crippen LogP contribution in [0.3, 0.4) is 0 Å².